The molecule has 0 atom stereocenters. The van der Waals surface area contributed by atoms with Gasteiger partial charge in [0.15, 0.2) is 9.84 Å². The van der Waals surface area contributed by atoms with Crippen LogP contribution in [0.3, 0.4) is 0 Å². The lowest BCUT2D eigenvalue weighted by Crippen LogP contribution is -2.49. The van der Waals surface area contributed by atoms with Crippen molar-refractivity contribution in [2.45, 2.75) is 50.3 Å². The number of rotatable bonds is 8. The normalized spacial score (nSPS) is 15.7. The molecule has 1 aliphatic heterocycles. The fraction of sp³-hybridized carbons (Fsp3) is 0.545. The molecule has 1 fully saturated rings. The van der Waals surface area contributed by atoms with E-state index in [1.807, 2.05) is 17.3 Å². The predicted molar refractivity (Wildman–Crippen MR) is 117 cm³/mol. The number of amides is 1. The molecule has 0 radical (unpaired) electrons. The lowest BCUT2D eigenvalue weighted by molar-refractivity contribution is -0.132. The van der Waals surface area contributed by atoms with Gasteiger partial charge < -0.3 is 9.47 Å². The van der Waals surface area contributed by atoms with Crippen LogP contribution < -0.4 is 0 Å². The summed E-state index contributed by atoms with van der Waals surface area (Å²) in [4.78, 5) is 21.6. The summed E-state index contributed by atoms with van der Waals surface area (Å²) in [5.41, 5.74) is 0.845. The average molecular weight is 433 g/mol. The van der Waals surface area contributed by atoms with Crippen molar-refractivity contribution in [3.8, 4) is 0 Å². The van der Waals surface area contributed by atoms with E-state index in [1.54, 1.807) is 38.1 Å². The van der Waals surface area contributed by atoms with Crippen molar-refractivity contribution in [1.29, 1.82) is 0 Å². The second kappa shape index (κ2) is 9.75. The minimum atomic E-state index is -3.28. The highest BCUT2D eigenvalue weighted by Crippen LogP contribution is 2.17. The van der Waals surface area contributed by atoms with Crippen molar-refractivity contribution in [1.82, 2.24) is 19.4 Å². The van der Waals surface area contributed by atoms with E-state index in [1.165, 1.54) is 0 Å². The number of piperazine rings is 1. The third kappa shape index (κ3) is 5.29. The molecule has 0 spiro atoms. The molecule has 1 aliphatic rings. The van der Waals surface area contributed by atoms with Crippen molar-refractivity contribution in [3.05, 3.63) is 48.0 Å². The number of aryl methyl sites for hydroxylation is 1. The van der Waals surface area contributed by atoms with Crippen molar-refractivity contribution >= 4 is 15.7 Å². The summed E-state index contributed by atoms with van der Waals surface area (Å²) in [6, 6.07) is 6.72. The molecule has 0 N–H and O–H groups in total. The summed E-state index contributed by atoms with van der Waals surface area (Å²) >= 11 is 0. The largest absolute Gasteiger partial charge is 0.340 e. The zero-order valence-electron chi connectivity index (χ0n) is 18.1. The van der Waals surface area contributed by atoms with E-state index >= 15 is 0 Å². The Kier molecular flexibility index (Phi) is 7.31. The first-order chi connectivity index (χ1) is 14.3. The van der Waals surface area contributed by atoms with Crippen LogP contribution in [0.4, 0.5) is 0 Å². The molecule has 164 valence electrons. The molecule has 1 amide bonds. The second-order valence-electron chi connectivity index (χ2n) is 8.03. The topological polar surface area (TPSA) is 75.5 Å². The summed E-state index contributed by atoms with van der Waals surface area (Å²) in [7, 11) is -3.28. The lowest BCUT2D eigenvalue weighted by Gasteiger charge is -2.35. The first-order valence-corrected chi connectivity index (χ1v) is 12.2. The van der Waals surface area contributed by atoms with Gasteiger partial charge in [0.1, 0.15) is 5.82 Å². The van der Waals surface area contributed by atoms with Gasteiger partial charge in [-0.1, -0.05) is 19.1 Å². The molecular formula is C22H32N4O3S. The van der Waals surface area contributed by atoms with E-state index in [2.05, 4.69) is 21.4 Å². The summed E-state index contributed by atoms with van der Waals surface area (Å²) < 4.78 is 26.6. The molecule has 3 rings (SSSR count). The molecule has 1 aromatic heterocycles. The summed E-state index contributed by atoms with van der Waals surface area (Å²) in [5.74, 6) is 1.20. The molecule has 1 saturated heterocycles. The standard InChI is InChI=1S/C22H32N4O3S/c1-4-21-23-9-10-25(21)14-11-24-12-15-26(16-13-24)22(27)17-19-5-7-20(8-6-19)30(28,29)18(2)3/h5-10,18H,4,11-17H2,1-3H3. The van der Waals surface area contributed by atoms with E-state index < -0.39 is 15.1 Å². The zero-order chi connectivity index (χ0) is 21.7. The minimum Gasteiger partial charge on any atom is -0.340 e. The molecule has 0 bridgehead atoms. The molecule has 2 aromatic rings. The van der Waals surface area contributed by atoms with Crippen LogP contribution >= 0.6 is 0 Å². The average Bonchev–Trinajstić information content (AvgIpc) is 3.20. The molecule has 2 heterocycles. The van der Waals surface area contributed by atoms with Crippen LogP contribution in [0, 0.1) is 0 Å². The van der Waals surface area contributed by atoms with Gasteiger partial charge in [-0.25, -0.2) is 13.4 Å². The van der Waals surface area contributed by atoms with E-state index in [-0.39, 0.29) is 5.91 Å². The van der Waals surface area contributed by atoms with Gasteiger partial charge >= 0.3 is 0 Å². The SMILES string of the molecule is CCc1nccn1CCN1CCN(C(=O)Cc2ccc(S(=O)(=O)C(C)C)cc2)CC1. The molecule has 0 unspecified atom stereocenters. The lowest BCUT2D eigenvalue weighted by atomic mass is 10.1. The van der Waals surface area contributed by atoms with Gasteiger partial charge in [-0.3, -0.25) is 9.69 Å². The van der Waals surface area contributed by atoms with Gasteiger partial charge in [0.2, 0.25) is 5.91 Å². The Morgan fingerprint density at radius 3 is 2.33 bits per heavy atom. The second-order valence-corrected chi connectivity index (χ2v) is 10.5. The highest BCUT2D eigenvalue weighted by molar-refractivity contribution is 7.92. The van der Waals surface area contributed by atoms with Gasteiger partial charge in [-0.2, -0.15) is 0 Å². The number of hydrogen-bond acceptors (Lipinski definition) is 5. The van der Waals surface area contributed by atoms with E-state index in [9.17, 15) is 13.2 Å². The van der Waals surface area contributed by atoms with Gasteiger partial charge in [0, 0.05) is 58.1 Å². The maximum absolute atomic E-state index is 12.7. The Bertz CT molecular complexity index is 943. The van der Waals surface area contributed by atoms with Crippen molar-refractivity contribution in [2.24, 2.45) is 0 Å². The predicted octanol–water partition coefficient (Wildman–Crippen LogP) is 2.01. The third-order valence-corrected chi connectivity index (χ3v) is 7.90. The van der Waals surface area contributed by atoms with Crippen LogP contribution in [0.5, 0.6) is 0 Å². The Morgan fingerprint density at radius 1 is 1.07 bits per heavy atom. The number of carbonyl (C=O) groups is 1. The van der Waals surface area contributed by atoms with Gasteiger partial charge in [0.25, 0.3) is 0 Å². The number of carbonyl (C=O) groups excluding carboxylic acids is 1. The maximum Gasteiger partial charge on any atom is 0.227 e. The van der Waals surface area contributed by atoms with Crippen molar-refractivity contribution in [2.75, 3.05) is 32.7 Å². The minimum absolute atomic E-state index is 0.0944. The van der Waals surface area contributed by atoms with Crippen LogP contribution in [0.15, 0.2) is 41.6 Å². The van der Waals surface area contributed by atoms with Gasteiger partial charge in [-0.15, -0.1) is 0 Å². The molecular weight excluding hydrogens is 400 g/mol. The molecule has 1 aromatic carbocycles. The number of benzene rings is 1. The fourth-order valence-corrected chi connectivity index (χ4v) is 4.74. The fourth-order valence-electron chi connectivity index (χ4n) is 3.68. The van der Waals surface area contributed by atoms with Crippen LogP contribution in [0.25, 0.3) is 0 Å². The molecule has 8 heteroatoms. The number of aromatic nitrogens is 2. The Hall–Kier alpha value is -2.19. The van der Waals surface area contributed by atoms with Crippen LogP contribution in [0.2, 0.25) is 0 Å². The first-order valence-electron chi connectivity index (χ1n) is 10.6. The zero-order valence-corrected chi connectivity index (χ0v) is 18.9. The summed E-state index contributed by atoms with van der Waals surface area (Å²) in [5, 5.41) is -0.455. The Labute approximate surface area is 179 Å². The van der Waals surface area contributed by atoms with Crippen molar-refractivity contribution in [3.63, 3.8) is 0 Å². The molecule has 30 heavy (non-hydrogen) atoms. The Morgan fingerprint density at radius 2 is 1.73 bits per heavy atom. The molecule has 7 nitrogen and oxygen atoms in total. The smallest absolute Gasteiger partial charge is 0.227 e. The van der Waals surface area contributed by atoms with E-state index in [0.717, 1.165) is 57.1 Å². The summed E-state index contributed by atoms with van der Waals surface area (Å²) in [6.07, 6.45) is 5.10. The maximum atomic E-state index is 12.7. The summed E-state index contributed by atoms with van der Waals surface area (Å²) in [6.45, 7) is 10.5. The number of nitrogens with zero attached hydrogens (tertiary/aromatic N) is 4. The van der Waals surface area contributed by atoms with E-state index in [4.69, 9.17) is 0 Å². The highest BCUT2D eigenvalue weighted by atomic mass is 32.2. The number of imidazole rings is 1. The first kappa shape index (κ1) is 22.5. The third-order valence-electron chi connectivity index (χ3n) is 5.73. The van der Waals surface area contributed by atoms with Crippen LogP contribution in [-0.2, 0) is 34.0 Å². The Balaban J connectivity index is 1.47. The molecule has 0 aliphatic carbocycles. The van der Waals surface area contributed by atoms with Crippen LogP contribution in [0.1, 0.15) is 32.2 Å². The number of sulfone groups is 1. The molecule has 0 saturated carbocycles. The van der Waals surface area contributed by atoms with Gasteiger partial charge in [-0.05, 0) is 31.5 Å². The van der Waals surface area contributed by atoms with E-state index in [0.29, 0.717) is 11.3 Å². The van der Waals surface area contributed by atoms with Gasteiger partial charge in [0.05, 0.1) is 16.6 Å². The van der Waals surface area contributed by atoms with Crippen molar-refractivity contribution < 1.29 is 13.2 Å². The number of hydrogen-bond donors (Lipinski definition) is 0. The highest BCUT2D eigenvalue weighted by Gasteiger charge is 2.22. The monoisotopic (exact) mass is 432 g/mol. The quantitative estimate of drug-likeness (QED) is 0.638. The van der Waals surface area contributed by atoms with Crippen LogP contribution in [-0.4, -0.2) is 71.6 Å².